The quantitative estimate of drug-likeness (QED) is 0.207. The van der Waals surface area contributed by atoms with Crippen LogP contribution in [0.25, 0.3) is 0 Å². The highest BCUT2D eigenvalue weighted by Gasteiger charge is 2.37. The second-order valence-corrected chi connectivity index (χ2v) is 12.1. The molecule has 8 heteroatoms. The highest BCUT2D eigenvalue weighted by Crippen LogP contribution is 2.40. The Hall–Kier alpha value is -3.56. The van der Waals surface area contributed by atoms with Crippen molar-refractivity contribution in [1.82, 2.24) is 4.90 Å². The van der Waals surface area contributed by atoms with Crippen LogP contribution >= 0.6 is 11.6 Å². The zero-order valence-corrected chi connectivity index (χ0v) is 25.2. The van der Waals surface area contributed by atoms with Gasteiger partial charge in [-0.2, -0.15) is 0 Å². The fourth-order valence-electron chi connectivity index (χ4n) is 6.03. The first-order valence-electron chi connectivity index (χ1n) is 15.1. The average molecular weight is 613 g/mol. The van der Waals surface area contributed by atoms with Crippen molar-refractivity contribution in [2.45, 2.75) is 50.0 Å². The van der Waals surface area contributed by atoms with Crippen LogP contribution in [0.3, 0.4) is 0 Å². The molecule has 0 radical (unpaired) electrons. The minimum atomic E-state index is -0.873. The molecule has 44 heavy (non-hydrogen) atoms. The van der Waals surface area contributed by atoms with E-state index in [2.05, 4.69) is 10.2 Å². The molecule has 3 atom stereocenters. The second-order valence-electron chi connectivity index (χ2n) is 11.6. The van der Waals surface area contributed by atoms with E-state index in [1.165, 1.54) is 0 Å². The molecule has 0 unspecified atom stereocenters. The van der Waals surface area contributed by atoms with Crippen molar-refractivity contribution in [3.63, 3.8) is 0 Å². The van der Waals surface area contributed by atoms with Gasteiger partial charge in [-0.05, 0) is 65.9 Å². The van der Waals surface area contributed by atoms with E-state index in [-0.39, 0.29) is 24.7 Å². The van der Waals surface area contributed by atoms with Crippen LogP contribution in [0, 0.1) is 0 Å². The van der Waals surface area contributed by atoms with Gasteiger partial charge in [-0.1, -0.05) is 78.3 Å². The molecule has 0 aliphatic carbocycles. The Morgan fingerprint density at radius 1 is 0.886 bits per heavy atom. The minimum Gasteiger partial charge on any atom is -0.392 e. The summed E-state index contributed by atoms with van der Waals surface area (Å²) in [6, 6.07) is 32.0. The number of ether oxygens (including phenoxy) is 2. The van der Waals surface area contributed by atoms with E-state index in [0.29, 0.717) is 42.1 Å². The fraction of sp³-hybridized carbons (Fsp3) is 0.306. The van der Waals surface area contributed by atoms with Crippen LogP contribution in [-0.2, 0) is 21.7 Å². The lowest BCUT2D eigenvalue weighted by molar-refractivity contribution is -0.253. The summed E-state index contributed by atoms with van der Waals surface area (Å²) in [6.45, 7) is 2.16. The number of aliphatic hydroxyl groups excluding tert-OH is 1. The SMILES string of the molecule is O=C(Nc1cccc([C@@H]2O[C@H](CN3CCC(O)(c4ccc(Cl)cc4)CC3)C[C@H](c3ccc(CO)cc3)O2)c1)c1ccccc1. The molecule has 2 aliphatic heterocycles. The third-order valence-electron chi connectivity index (χ3n) is 8.59. The number of nitrogens with one attached hydrogen (secondary N) is 1. The van der Waals surface area contributed by atoms with E-state index < -0.39 is 11.9 Å². The van der Waals surface area contributed by atoms with Crippen molar-refractivity contribution in [2.24, 2.45) is 0 Å². The van der Waals surface area contributed by atoms with Gasteiger partial charge in [-0.25, -0.2) is 0 Å². The molecule has 228 valence electrons. The molecule has 2 saturated heterocycles. The van der Waals surface area contributed by atoms with Crippen LogP contribution in [0.2, 0.25) is 5.02 Å². The molecule has 3 N–H and O–H groups in total. The number of rotatable bonds is 8. The molecular formula is C36H37ClN2O5. The summed E-state index contributed by atoms with van der Waals surface area (Å²) in [4.78, 5) is 15.1. The normalized spacial score (nSPS) is 21.9. The van der Waals surface area contributed by atoms with Gasteiger partial charge in [-0.3, -0.25) is 4.79 Å². The van der Waals surface area contributed by atoms with Gasteiger partial charge in [0.05, 0.1) is 24.4 Å². The number of likely N-dealkylation sites (tertiary alicyclic amines) is 1. The standard InChI is InChI=1S/C36H37ClN2O5/c37-30-15-13-29(14-16-30)36(42)17-19-39(20-18-36)23-32-22-33(26-11-9-25(24-40)10-12-26)44-35(43-32)28-7-4-8-31(21-28)38-34(41)27-5-2-1-3-6-27/h1-16,21,32-33,35,40,42H,17-20,22-24H2,(H,38,41)/t32-,33+,35+/m0/s1. The van der Waals surface area contributed by atoms with Crippen molar-refractivity contribution < 1.29 is 24.5 Å². The van der Waals surface area contributed by atoms with Crippen LogP contribution in [0.4, 0.5) is 5.69 Å². The largest absolute Gasteiger partial charge is 0.392 e. The Morgan fingerprint density at radius 3 is 2.32 bits per heavy atom. The van der Waals surface area contributed by atoms with Gasteiger partial charge in [0.1, 0.15) is 0 Å². The number of carbonyl (C=O) groups excluding carboxylic acids is 1. The number of anilines is 1. The van der Waals surface area contributed by atoms with Crippen LogP contribution in [-0.4, -0.2) is 46.8 Å². The maximum atomic E-state index is 12.8. The predicted molar refractivity (Wildman–Crippen MR) is 170 cm³/mol. The second kappa shape index (κ2) is 13.6. The smallest absolute Gasteiger partial charge is 0.255 e. The van der Waals surface area contributed by atoms with Crippen molar-refractivity contribution >= 4 is 23.2 Å². The summed E-state index contributed by atoms with van der Waals surface area (Å²) in [6.07, 6.45) is 0.927. The first kappa shape index (κ1) is 30.5. The van der Waals surface area contributed by atoms with Crippen molar-refractivity contribution in [2.75, 3.05) is 25.0 Å². The van der Waals surface area contributed by atoms with Crippen LogP contribution in [0.15, 0.2) is 103 Å². The van der Waals surface area contributed by atoms with Gasteiger partial charge < -0.3 is 29.9 Å². The van der Waals surface area contributed by atoms with Crippen LogP contribution in [0.1, 0.15) is 64.3 Å². The topological polar surface area (TPSA) is 91.3 Å². The lowest BCUT2D eigenvalue weighted by atomic mass is 9.84. The van der Waals surface area contributed by atoms with Crippen LogP contribution in [0.5, 0.6) is 0 Å². The molecule has 4 aromatic carbocycles. The van der Waals surface area contributed by atoms with Crippen molar-refractivity contribution in [3.05, 3.63) is 136 Å². The first-order valence-corrected chi connectivity index (χ1v) is 15.4. The Labute approximate surface area is 263 Å². The lowest BCUT2D eigenvalue weighted by Crippen LogP contribution is -2.46. The Balaban J connectivity index is 1.17. The number of aliphatic hydroxyl groups is 2. The molecule has 2 fully saturated rings. The van der Waals surface area contributed by atoms with Crippen molar-refractivity contribution in [1.29, 1.82) is 0 Å². The number of nitrogens with zero attached hydrogens (tertiary/aromatic N) is 1. The van der Waals surface area contributed by atoms with E-state index in [4.69, 9.17) is 21.1 Å². The number of hydrogen-bond donors (Lipinski definition) is 3. The molecule has 7 nitrogen and oxygen atoms in total. The lowest BCUT2D eigenvalue weighted by Gasteiger charge is -2.42. The molecule has 6 rings (SSSR count). The molecule has 0 bridgehead atoms. The molecule has 2 heterocycles. The van der Waals surface area contributed by atoms with E-state index in [1.807, 2.05) is 91.0 Å². The number of amides is 1. The summed E-state index contributed by atoms with van der Waals surface area (Å²) < 4.78 is 13.1. The van der Waals surface area contributed by atoms with Gasteiger partial charge in [0.2, 0.25) is 0 Å². The Bertz CT molecular complexity index is 1540. The van der Waals surface area contributed by atoms with E-state index in [1.54, 1.807) is 12.1 Å². The molecule has 0 saturated carbocycles. The summed E-state index contributed by atoms with van der Waals surface area (Å²) in [5.74, 6) is -0.184. The number of piperidine rings is 1. The first-order chi connectivity index (χ1) is 21.4. The van der Waals surface area contributed by atoms with E-state index >= 15 is 0 Å². The van der Waals surface area contributed by atoms with Gasteiger partial charge in [0.15, 0.2) is 6.29 Å². The van der Waals surface area contributed by atoms with Crippen LogP contribution < -0.4 is 5.32 Å². The third-order valence-corrected chi connectivity index (χ3v) is 8.85. The fourth-order valence-corrected chi connectivity index (χ4v) is 6.16. The molecule has 0 aromatic heterocycles. The summed E-state index contributed by atoms with van der Waals surface area (Å²) in [5.41, 5.74) is 3.94. The highest BCUT2D eigenvalue weighted by atomic mass is 35.5. The number of carbonyl (C=O) groups is 1. The highest BCUT2D eigenvalue weighted by molar-refractivity contribution is 6.30. The zero-order chi connectivity index (χ0) is 30.5. The number of benzene rings is 4. The van der Waals surface area contributed by atoms with Crippen molar-refractivity contribution in [3.8, 4) is 0 Å². The third kappa shape index (κ3) is 7.21. The molecule has 0 spiro atoms. The van der Waals surface area contributed by atoms with Gasteiger partial charge >= 0.3 is 0 Å². The number of hydrogen-bond acceptors (Lipinski definition) is 6. The monoisotopic (exact) mass is 612 g/mol. The maximum Gasteiger partial charge on any atom is 0.255 e. The van der Waals surface area contributed by atoms with Gasteiger partial charge in [0.25, 0.3) is 5.91 Å². The Morgan fingerprint density at radius 2 is 1.61 bits per heavy atom. The average Bonchev–Trinajstić information content (AvgIpc) is 3.06. The minimum absolute atomic E-state index is 0.0149. The molecule has 2 aliphatic rings. The summed E-state index contributed by atoms with van der Waals surface area (Å²) in [5, 5.41) is 24.5. The molecule has 4 aromatic rings. The molecule has 1 amide bonds. The van der Waals surface area contributed by atoms with E-state index in [9.17, 15) is 15.0 Å². The van der Waals surface area contributed by atoms with Gasteiger partial charge in [0, 0.05) is 47.9 Å². The molecular weight excluding hydrogens is 576 g/mol. The predicted octanol–water partition coefficient (Wildman–Crippen LogP) is 6.61. The number of halogens is 1. The van der Waals surface area contributed by atoms with Gasteiger partial charge in [-0.15, -0.1) is 0 Å². The summed E-state index contributed by atoms with van der Waals surface area (Å²) in [7, 11) is 0. The van der Waals surface area contributed by atoms with E-state index in [0.717, 1.165) is 35.3 Å². The summed E-state index contributed by atoms with van der Waals surface area (Å²) >= 11 is 6.07. The maximum absolute atomic E-state index is 12.8. The Kier molecular flexibility index (Phi) is 9.42. The zero-order valence-electron chi connectivity index (χ0n) is 24.4.